The lowest BCUT2D eigenvalue weighted by Crippen LogP contribution is -2.12. The first-order valence-electron chi connectivity index (χ1n) is 5.69. The smallest absolute Gasteiger partial charge is 0.269 e. The van der Waals surface area contributed by atoms with Crippen LogP contribution in [0.25, 0.3) is 0 Å². The molecule has 0 atom stereocenters. The van der Waals surface area contributed by atoms with Crippen LogP contribution in [0.3, 0.4) is 0 Å². The Labute approximate surface area is 99.5 Å². The van der Waals surface area contributed by atoms with Crippen molar-refractivity contribution in [1.29, 1.82) is 0 Å². The van der Waals surface area contributed by atoms with E-state index < -0.39 is 0 Å². The summed E-state index contributed by atoms with van der Waals surface area (Å²) in [6, 6.07) is 5.00. The second kappa shape index (κ2) is 5.75. The Hall–Kier alpha value is -1.46. The zero-order valence-electron chi connectivity index (χ0n) is 9.55. The number of hydrogen-bond acceptors (Lipinski definition) is 4. The summed E-state index contributed by atoms with van der Waals surface area (Å²) < 4.78 is 10.8. The van der Waals surface area contributed by atoms with Crippen molar-refractivity contribution >= 4 is 5.69 Å². The van der Waals surface area contributed by atoms with Crippen LogP contribution in [0.5, 0.6) is 0 Å². The summed E-state index contributed by atoms with van der Waals surface area (Å²) in [5, 5.41) is 10.7. The van der Waals surface area contributed by atoms with Gasteiger partial charge >= 0.3 is 0 Å². The average molecular weight is 237 g/mol. The molecule has 0 bridgehead atoms. The van der Waals surface area contributed by atoms with Gasteiger partial charge in [0.15, 0.2) is 0 Å². The second-order valence-electron chi connectivity index (χ2n) is 3.93. The van der Waals surface area contributed by atoms with Crippen molar-refractivity contribution in [1.82, 2.24) is 0 Å². The first-order chi connectivity index (χ1) is 8.27. The van der Waals surface area contributed by atoms with E-state index in [0.717, 1.165) is 24.0 Å². The first-order valence-corrected chi connectivity index (χ1v) is 5.69. The Kier molecular flexibility index (Phi) is 4.06. The quantitative estimate of drug-likeness (QED) is 0.551. The Bertz CT molecular complexity index is 405. The molecule has 0 radical (unpaired) electrons. The molecule has 0 aromatic heterocycles. The van der Waals surface area contributed by atoms with Crippen LogP contribution in [0.1, 0.15) is 11.1 Å². The molecular weight excluding hydrogens is 222 g/mol. The van der Waals surface area contributed by atoms with E-state index >= 15 is 0 Å². The maximum Gasteiger partial charge on any atom is 0.269 e. The molecule has 1 aliphatic rings. The minimum Gasteiger partial charge on any atom is -0.379 e. The lowest BCUT2D eigenvalue weighted by atomic mass is 10.0. The van der Waals surface area contributed by atoms with Gasteiger partial charge in [0.25, 0.3) is 5.69 Å². The van der Waals surface area contributed by atoms with Crippen molar-refractivity contribution < 1.29 is 14.4 Å². The van der Waals surface area contributed by atoms with Gasteiger partial charge < -0.3 is 9.47 Å². The molecule has 0 fully saturated rings. The third-order valence-electron chi connectivity index (χ3n) is 2.80. The minimum absolute atomic E-state index is 0.140. The molecule has 5 heteroatoms. The Morgan fingerprint density at radius 3 is 2.29 bits per heavy atom. The molecule has 1 aromatic carbocycles. The van der Waals surface area contributed by atoms with Gasteiger partial charge in [-0.05, 0) is 24.0 Å². The van der Waals surface area contributed by atoms with E-state index in [2.05, 4.69) is 0 Å². The molecule has 0 saturated heterocycles. The van der Waals surface area contributed by atoms with E-state index in [9.17, 15) is 10.1 Å². The predicted molar refractivity (Wildman–Crippen MR) is 62.1 cm³/mol. The Balaban J connectivity index is 2.22. The normalized spacial score (nSPS) is 17.2. The van der Waals surface area contributed by atoms with Crippen molar-refractivity contribution in [3.63, 3.8) is 0 Å². The molecule has 0 unspecified atom stereocenters. The number of nitrogens with zero attached hydrogens (tertiary/aromatic N) is 1. The molecular formula is C12H15NO4. The van der Waals surface area contributed by atoms with Gasteiger partial charge in [0.1, 0.15) is 0 Å². The Morgan fingerprint density at radius 2 is 1.65 bits per heavy atom. The third-order valence-corrected chi connectivity index (χ3v) is 2.80. The second-order valence-corrected chi connectivity index (χ2v) is 3.93. The summed E-state index contributed by atoms with van der Waals surface area (Å²) in [6.45, 7) is 2.41. The van der Waals surface area contributed by atoms with E-state index in [1.807, 2.05) is 6.07 Å². The summed E-state index contributed by atoms with van der Waals surface area (Å²) >= 11 is 0. The van der Waals surface area contributed by atoms with E-state index in [1.165, 1.54) is 0 Å². The van der Waals surface area contributed by atoms with E-state index in [1.54, 1.807) is 12.1 Å². The molecule has 1 aromatic rings. The van der Waals surface area contributed by atoms with Crippen molar-refractivity contribution in [2.75, 3.05) is 26.4 Å². The van der Waals surface area contributed by atoms with Crippen LogP contribution in [-0.4, -0.2) is 31.4 Å². The topological polar surface area (TPSA) is 61.6 Å². The molecule has 0 amide bonds. The van der Waals surface area contributed by atoms with Gasteiger partial charge in [0, 0.05) is 12.1 Å². The average Bonchev–Trinajstić information content (AvgIpc) is 2.34. The fourth-order valence-corrected chi connectivity index (χ4v) is 1.89. The zero-order chi connectivity index (χ0) is 12.1. The van der Waals surface area contributed by atoms with Crippen molar-refractivity contribution in [2.45, 2.75) is 12.8 Å². The Morgan fingerprint density at radius 1 is 1.00 bits per heavy atom. The van der Waals surface area contributed by atoms with Gasteiger partial charge in [-0.3, -0.25) is 10.1 Å². The number of ether oxygens (including phenoxy) is 2. The highest BCUT2D eigenvalue weighted by Crippen LogP contribution is 2.19. The number of non-ortho nitro benzene ring substituents is 1. The van der Waals surface area contributed by atoms with Crippen molar-refractivity contribution in [3.05, 3.63) is 39.4 Å². The number of rotatable bonds is 1. The van der Waals surface area contributed by atoms with Crippen LogP contribution in [0.15, 0.2) is 18.2 Å². The maximum atomic E-state index is 10.7. The van der Waals surface area contributed by atoms with Crippen molar-refractivity contribution in [2.24, 2.45) is 0 Å². The molecule has 0 aliphatic carbocycles. The van der Waals surface area contributed by atoms with Gasteiger partial charge in [-0.1, -0.05) is 6.07 Å². The van der Waals surface area contributed by atoms with Crippen molar-refractivity contribution in [3.8, 4) is 0 Å². The zero-order valence-corrected chi connectivity index (χ0v) is 9.55. The summed E-state index contributed by atoms with van der Waals surface area (Å²) in [7, 11) is 0. The first kappa shape index (κ1) is 12.0. The van der Waals surface area contributed by atoms with Crippen LogP contribution < -0.4 is 0 Å². The van der Waals surface area contributed by atoms with Gasteiger partial charge in [-0.25, -0.2) is 0 Å². The van der Waals surface area contributed by atoms with Crippen LogP contribution in [0.2, 0.25) is 0 Å². The highest BCUT2D eigenvalue weighted by molar-refractivity contribution is 5.40. The van der Waals surface area contributed by atoms with Crippen LogP contribution >= 0.6 is 0 Å². The van der Waals surface area contributed by atoms with Gasteiger partial charge in [-0.2, -0.15) is 0 Å². The third kappa shape index (κ3) is 3.25. The van der Waals surface area contributed by atoms with E-state index in [4.69, 9.17) is 9.47 Å². The number of nitro groups is 1. The highest BCUT2D eigenvalue weighted by Gasteiger charge is 2.11. The van der Waals surface area contributed by atoms with E-state index in [-0.39, 0.29) is 10.6 Å². The van der Waals surface area contributed by atoms with Gasteiger partial charge in [0.05, 0.1) is 31.4 Å². The fourth-order valence-electron chi connectivity index (χ4n) is 1.89. The lowest BCUT2D eigenvalue weighted by molar-refractivity contribution is -0.384. The van der Waals surface area contributed by atoms with E-state index in [0.29, 0.717) is 26.4 Å². The summed E-state index contributed by atoms with van der Waals surface area (Å²) in [6.07, 6.45) is 1.52. The minimum atomic E-state index is -0.365. The molecule has 2 rings (SSSR count). The summed E-state index contributed by atoms with van der Waals surface area (Å²) in [4.78, 5) is 10.3. The summed E-state index contributed by atoms with van der Waals surface area (Å²) in [5.74, 6) is 0. The predicted octanol–water partition coefficient (Wildman–Crippen LogP) is 1.73. The largest absolute Gasteiger partial charge is 0.379 e. The highest BCUT2D eigenvalue weighted by atomic mass is 16.6. The maximum absolute atomic E-state index is 10.7. The molecule has 0 saturated carbocycles. The molecule has 1 aliphatic heterocycles. The lowest BCUT2D eigenvalue weighted by Gasteiger charge is -2.13. The molecule has 0 N–H and O–H groups in total. The molecule has 92 valence electrons. The van der Waals surface area contributed by atoms with Crippen LogP contribution in [0, 0.1) is 10.1 Å². The fraction of sp³-hybridized carbons (Fsp3) is 0.500. The SMILES string of the molecule is O=[N+]([O-])c1ccc2c(c1)CCOCCOCC2. The number of hydrogen-bond donors (Lipinski definition) is 0. The molecule has 17 heavy (non-hydrogen) atoms. The number of benzene rings is 1. The van der Waals surface area contributed by atoms with Gasteiger partial charge in [0.2, 0.25) is 0 Å². The summed E-state index contributed by atoms with van der Waals surface area (Å²) in [5.41, 5.74) is 2.24. The van der Waals surface area contributed by atoms with Crippen LogP contribution in [0.4, 0.5) is 5.69 Å². The molecule has 0 spiro atoms. The number of fused-ring (bicyclic) bond motifs is 1. The van der Waals surface area contributed by atoms with Crippen LogP contribution in [-0.2, 0) is 22.3 Å². The van der Waals surface area contributed by atoms with Gasteiger partial charge in [-0.15, -0.1) is 0 Å². The number of nitro benzene ring substituents is 1. The molecule has 5 nitrogen and oxygen atoms in total. The standard InChI is InChI=1S/C12H15NO4/c14-13(15)12-2-1-10-3-5-16-7-8-17-6-4-11(10)9-12/h1-2,9H,3-8H2. The monoisotopic (exact) mass is 237 g/mol. The molecule has 1 heterocycles.